The molecule has 0 aliphatic carbocycles. The topological polar surface area (TPSA) is 58.4 Å². The normalized spacial score (nSPS) is 19.3. The van der Waals surface area contributed by atoms with Gasteiger partial charge in [-0.3, -0.25) is 4.79 Å². The maximum atomic E-state index is 12.2. The number of nitrogens with one attached hydrogen (secondary N) is 1. The second kappa shape index (κ2) is 9.04. The summed E-state index contributed by atoms with van der Waals surface area (Å²) in [5.74, 6) is 0.702. The van der Waals surface area contributed by atoms with Crippen molar-refractivity contribution in [3.05, 3.63) is 35.9 Å². The van der Waals surface area contributed by atoms with Crippen LogP contribution in [0.4, 0.5) is 0 Å². The number of carbonyl (C=O) groups is 1. The average Bonchev–Trinajstić information content (AvgIpc) is 2.59. The Morgan fingerprint density at radius 2 is 1.96 bits per heavy atom. The van der Waals surface area contributed by atoms with Gasteiger partial charge in [-0.2, -0.15) is 0 Å². The van der Waals surface area contributed by atoms with Crippen LogP contribution < -0.4 is 11.1 Å². The number of likely N-dealkylation sites (tertiary alicyclic amines) is 1. The van der Waals surface area contributed by atoms with Gasteiger partial charge >= 0.3 is 0 Å². The Labute approximate surface area is 140 Å². The molecule has 1 amide bonds. The first-order valence-electron chi connectivity index (χ1n) is 8.88. The van der Waals surface area contributed by atoms with Gasteiger partial charge in [-0.05, 0) is 50.4 Å². The molecule has 2 atom stereocenters. The molecule has 1 heterocycles. The van der Waals surface area contributed by atoms with E-state index in [4.69, 9.17) is 5.73 Å². The minimum atomic E-state index is -0.250. The molecule has 0 spiro atoms. The van der Waals surface area contributed by atoms with Crippen LogP contribution in [0.25, 0.3) is 0 Å². The summed E-state index contributed by atoms with van der Waals surface area (Å²) < 4.78 is 0. The Morgan fingerprint density at radius 3 is 2.61 bits per heavy atom. The van der Waals surface area contributed by atoms with E-state index in [1.807, 2.05) is 37.3 Å². The van der Waals surface area contributed by atoms with Gasteiger partial charge in [-0.1, -0.05) is 44.2 Å². The molecule has 0 saturated carbocycles. The fraction of sp³-hybridized carbons (Fsp3) is 0.632. The van der Waals surface area contributed by atoms with Gasteiger partial charge in [-0.15, -0.1) is 0 Å². The summed E-state index contributed by atoms with van der Waals surface area (Å²) in [7, 11) is 0. The zero-order chi connectivity index (χ0) is 16.7. The van der Waals surface area contributed by atoms with Crippen LogP contribution in [0.3, 0.4) is 0 Å². The summed E-state index contributed by atoms with van der Waals surface area (Å²) in [6, 6.07) is 9.58. The highest BCUT2D eigenvalue weighted by Crippen LogP contribution is 2.19. The molecule has 3 N–H and O–H groups in total. The van der Waals surface area contributed by atoms with E-state index < -0.39 is 0 Å². The highest BCUT2D eigenvalue weighted by molar-refractivity contribution is 5.79. The minimum Gasteiger partial charge on any atom is -0.356 e. The second-order valence-corrected chi connectivity index (χ2v) is 6.89. The standard InChI is InChI=1S/C19H31N3O/c1-15-9-13-22(14-10-15)12-6-11-21-19(23)16(2)18(20)17-7-4-3-5-8-17/h3-5,7-8,15-16,18H,6,9-14,20H2,1-2H3,(H,21,23). The van der Waals surface area contributed by atoms with Crippen molar-refractivity contribution in [2.45, 2.75) is 39.2 Å². The van der Waals surface area contributed by atoms with Crippen LogP contribution in [0.5, 0.6) is 0 Å². The molecular weight excluding hydrogens is 286 g/mol. The minimum absolute atomic E-state index is 0.0496. The number of hydrogen-bond acceptors (Lipinski definition) is 3. The van der Waals surface area contributed by atoms with Crippen molar-refractivity contribution >= 4 is 5.91 Å². The number of hydrogen-bond donors (Lipinski definition) is 2. The van der Waals surface area contributed by atoms with E-state index in [0.29, 0.717) is 0 Å². The zero-order valence-corrected chi connectivity index (χ0v) is 14.5. The highest BCUT2D eigenvalue weighted by atomic mass is 16.1. The molecular formula is C19H31N3O. The molecule has 23 heavy (non-hydrogen) atoms. The van der Waals surface area contributed by atoms with E-state index in [1.54, 1.807) is 0 Å². The monoisotopic (exact) mass is 317 g/mol. The highest BCUT2D eigenvalue weighted by Gasteiger charge is 2.21. The lowest BCUT2D eigenvalue weighted by atomic mass is 9.94. The molecule has 1 fully saturated rings. The van der Waals surface area contributed by atoms with Gasteiger partial charge < -0.3 is 16.0 Å². The smallest absolute Gasteiger partial charge is 0.224 e. The molecule has 1 aromatic carbocycles. The summed E-state index contributed by atoms with van der Waals surface area (Å²) in [4.78, 5) is 14.8. The molecule has 128 valence electrons. The van der Waals surface area contributed by atoms with E-state index in [2.05, 4.69) is 17.1 Å². The first kappa shape index (κ1) is 18.0. The van der Waals surface area contributed by atoms with Crippen LogP contribution in [0.1, 0.15) is 44.7 Å². The third-order valence-corrected chi connectivity index (χ3v) is 4.96. The molecule has 2 rings (SSSR count). The van der Waals surface area contributed by atoms with Crippen molar-refractivity contribution in [1.29, 1.82) is 0 Å². The summed E-state index contributed by atoms with van der Waals surface area (Å²) >= 11 is 0. The third-order valence-electron chi connectivity index (χ3n) is 4.96. The lowest BCUT2D eigenvalue weighted by Gasteiger charge is -2.30. The van der Waals surface area contributed by atoms with Gasteiger partial charge in [0.1, 0.15) is 0 Å². The summed E-state index contributed by atoms with van der Waals surface area (Å²) in [5, 5.41) is 3.04. The van der Waals surface area contributed by atoms with E-state index in [1.165, 1.54) is 25.9 Å². The van der Waals surface area contributed by atoms with Crippen molar-refractivity contribution in [3.63, 3.8) is 0 Å². The van der Waals surface area contributed by atoms with Gasteiger partial charge in [0.05, 0.1) is 5.92 Å². The Morgan fingerprint density at radius 1 is 1.30 bits per heavy atom. The van der Waals surface area contributed by atoms with E-state index in [0.717, 1.165) is 31.0 Å². The maximum absolute atomic E-state index is 12.2. The van der Waals surface area contributed by atoms with Crippen molar-refractivity contribution in [2.75, 3.05) is 26.2 Å². The van der Waals surface area contributed by atoms with Gasteiger partial charge in [-0.25, -0.2) is 0 Å². The maximum Gasteiger partial charge on any atom is 0.224 e. The van der Waals surface area contributed by atoms with Crippen molar-refractivity contribution in [1.82, 2.24) is 10.2 Å². The number of piperidine rings is 1. The molecule has 1 aliphatic rings. The number of amides is 1. The SMILES string of the molecule is CC1CCN(CCCNC(=O)C(C)C(N)c2ccccc2)CC1. The number of nitrogens with zero attached hydrogens (tertiary/aromatic N) is 1. The predicted octanol–water partition coefficient (Wildman–Crippen LogP) is 2.56. The predicted molar refractivity (Wildman–Crippen MR) is 95.0 cm³/mol. The number of rotatable bonds is 7. The zero-order valence-electron chi connectivity index (χ0n) is 14.5. The Balaban J connectivity index is 1.66. The third kappa shape index (κ3) is 5.63. The van der Waals surface area contributed by atoms with Gasteiger partial charge in [0.25, 0.3) is 0 Å². The van der Waals surface area contributed by atoms with Gasteiger partial charge in [0.2, 0.25) is 5.91 Å². The summed E-state index contributed by atoms with van der Waals surface area (Å²) in [5.41, 5.74) is 7.22. The van der Waals surface area contributed by atoms with Crippen LogP contribution in [-0.4, -0.2) is 37.0 Å². The number of carbonyl (C=O) groups excluding carboxylic acids is 1. The van der Waals surface area contributed by atoms with Crippen LogP contribution in [0.2, 0.25) is 0 Å². The fourth-order valence-corrected chi connectivity index (χ4v) is 3.09. The average molecular weight is 317 g/mol. The molecule has 2 unspecified atom stereocenters. The molecule has 0 radical (unpaired) electrons. The Bertz CT molecular complexity index is 469. The second-order valence-electron chi connectivity index (χ2n) is 6.89. The van der Waals surface area contributed by atoms with Gasteiger partial charge in [0.15, 0.2) is 0 Å². The van der Waals surface area contributed by atoms with Crippen molar-refractivity contribution in [2.24, 2.45) is 17.6 Å². The number of nitrogens with two attached hydrogens (primary N) is 1. The lowest BCUT2D eigenvalue weighted by molar-refractivity contribution is -0.125. The van der Waals surface area contributed by atoms with E-state index in [9.17, 15) is 4.79 Å². The molecule has 1 saturated heterocycles. The fourth-order valence-electron chi connectivity index (χ4n) is 3.09. The summed E-state index contributed by atoms with van der Waals surface area (Å²) in [6.45, 7) is 8.44. The molecule has 4 nitrogen and oxygen atoms in total. The molecule has 1 aromatic rings. The van der Waals surface area contributed by atoms with Gasteiger partial charge in [0, 0.05) is 12.6 Å². The van der Waals surface area contributed by atoms with Crippen LogP contribution in [0.15, 0.2) is 30.3 Å². The van der Waals surface area contributed by atoms with E-state index in [-0.39, 0.29) is 17.9 Å². The Hall–Kier alpha value is -1.39. The summed E-state index contributed by atoms with van der Waals surface area (Å²) in [6.07, 6.45) is 3.61. The molecule has 0 bridgehead atoms. The van der Waals surface area contributed by atoms with Crippen LogP contribution in [-0.2, 0) is 4.79 Å². The first-order valence-corrected chi connectivity index (χ1v) is 8.88. The van der Waals surface area contributed by atoms with E-state index >= 15 is 0 Å². The molecule has 4 heteroatoms. The van der Waals surface area contributed by atoms with Crippen molar-refractivity contribution in [3.8, 4) is 0 Å². The van der Waals surface area contributed by atoms with Crippen LogP contribution in [0, 0.1) is 11.8 Å². The molecule has 1 aliphatic heterocycles. The molecule has 0 aromatic heterocycles. The lowest BCUT2D eigenvalue weighted by Crippen LogP contribution is -2.38. The first-order chi connectivity index (χ1) is 11.1. The Kier molecular flexibility index (Phi) is 7.06. The largest absolute Gasteiger partial charge is 0.356 e. The van der Waals surface area contributed by atoms with Crippen LogP contribution >= 0.6 is 0 Å². The number of benzene rings is 1. The quantitative estimate of drug-likeness (QED) is 0.760. The van der Waals surface area contributed by atoms with Crippen molar-refractivity contribution < 1.29 is 4.79 Å².